The van der Waals surface area contributed by atoms with Crippen molar-refractivity contribution in [3.63, 3.8) is 0 Å². The fraction of sp³-hybridized carbons (Fsp3) is 0.350. The molecule has 27 heavy (non-hydrogen) atoms. The van der Waals surface area contributed by atoms with E-state index in [4.69, 9.17) is 9.15 Å². The van der Waals surface area contributed by atoms with Gasteiger partial charge in [0.1, 0.15) is 23.9 Å². The molecule has 0 aliphatic carbocycles. The summed E-state index contributed by atoms with van der Waals surface area (Å²) in [5.74, 6) is 1.90. The maximum Gasteiger partial charge on any atom is 0.254 e. The van der Waals surface area contributed by atoms with Crippen molar-refractivity contribution >= 4 is 15.7 Å². The Morgan fingerprint density at radius 1 is 1.30 bits per heavy atom. The molecule has 1 aliphatic rings. The number of benzene rings is 1. The first-order valence-electron chi connectivity index (χ1n) is 8.78. The molecule has 0 saturated carbocycles. The van der Waals surface area contributed by atoms with Gasteiger partial charge in [-0.1, -0.05) is 12.7 Å². The molecule has 0 N–H and O–H groups in total. The van der Waals surface area contributed by atoms with Gasteiger partial charge in [-0.05, 0) is 49.7 Å². The fourth-order valence-electron chi connectivity index (χ4n) is 3.14. The first-order chi connectivity index (χ1) is 12.9. The summed E-state index contributed by atoms with van der Waals surface area (Å²) < 4.78 is 34.9. The van der Waals surface area contributed by atoms with Crippen molar-refractivity contribution in [3.05, 3.63) is 66.1 Å². The largest absolute Gasteiger partial charge is 0.490 e. The number of carbonyl (C=O) groups excluding carboxylic acids is 1. The Kier molecular flexibility index (Phi) is 5.70. The molecule has 1 saturated heterocycles. The van der Waals surface area contributed by atoms with Crippen molar-refractivity contribution in [2.24, 2.45) is 0 Å². The van der Waals surface area contributed by atoms with E-state index in [2.05, 4.69) is 6.58 Å². The monoisotopic (exact) mass is 389 g/mol. The second kappa shape index (κ2) is 8.00. The van der Waals surface area contributed by atoms with Crippen LogP contribution in [0.1, 0.15) is 28.3 Å². The van der Waals surface area contributed by atoms with E-state index in [1.165, 1.54) is 0 Å². The van der Waals surface area contributed by atoms with Crippen LogP contribution in [0.25, 0.3) is 0 Å². The van der Waals surface area contributed by atoms with Gasteiger partial charge in [-0.2, -0.15) is 0 Å². The molecule has 1 atom stereocenters. The van der Waals surface area contributed by atoms with E-state index in [1.54, 1.807) is 35.2 Å². The van der Waals surface area contributed by atoms with Gasteiger partial charge in [-0.3, -0.25) is 4.79 Å². The normalized spacial score (nSPS) is 18.2. The van der Waals surface area contributed by atoms with Gasteiger partial charge < -0.3 is 14.1 Å². The minimum absolute atomic E-state index is 0.0149. The van der Waals surface area contributed by atoms with E-state index < -0.39 is 9.84 Å². The number of nitrogens with zero attached hydrogens (tertiary/aromatic N) is 1. The first kappa shape index (κ1) is 19.2. The molecular weight excluding hydrogens is 366 g/mol. The number of aryl methyl sites for hydroxylation is 1. The van der Waals surface area contributed by atoms with Crippen molar-refractivity contribution in [3.8, 4) is 5.75 Å². The summed E-state index contributed by atoms with van der Waals surface area (Å²) >= 11 is 0. The summed E-state index contributed by atoms with van der Waals surface area (Å²) in [6, 6.07) is 10.1. The lowest BCUT2D eigenvalue weighted by atomic mass is 10.1. The average molecular weight is 389 g/mol. The number of ether oxygens (including phenoxy) is 1. The molecule has 1 aliphatic heterocycles. The summed E-state index contributed by atoms with van der Waals surface area (Å²) in [6.45, 7) is 6.05. The lowest BCUT2D eigenvalue weighted by Gasteiger charge is -2.27. The third kappa shape index (κ3) is 4.80. The molecule has 6 nitrogen and oxygen atoms in total. The minimum Gasteiger partial charge on any atom is -0.490 e. The minimum atomic E-state index is -3.11. The molecule has 7 heteroatoms. The van der Waals surface area contributed by atoms with E-state index in [9.17, 15) is 13.2 Å². The SMILES string of the molecule is C=CCOc1ccc(C(=O)N(Cc2ccc(C)o2)C2CCS(=O)(=O)C2)cc1. The zero-order chi connectivity index (χ0) is 19.4. The molecule has 2 heterocycles. The Balaban J connectivity index is 1.82. The van der Waals surface area contributed by atoms with Gasteiger partial charge in [0.2, 0.25) is 0 Å². The first-order valence-corrected chi connectivity index (χ1v) is 10.6. The zero-order valence-electron chi connectivity index (χ0n) is 15.3. The van der Waals surface area contributed by atoms with Crippen LogP contribution < -0.4 is 4.74 Å². The van der Waals surface area contributed by atoms with Gasteiger partial charge >= 0.3 is 0 Å². The molecule has 1 fully saturated rings. The molecule has 1 amide bonds. The highest BCUT2D eigenvalue weighted by atomic mass is 32.2. The average Bonchev–Trinajstić information content (AvgIpc) is 3.22. The summed E-state index contributed by atoms with van der Waals surface area (Å²) in [5.41, 5.74) is 0.480. The third-order valence-electron chi connectivity index (χ3n) is 4.50. The Hall–Kier alpha value is -2.54. The van der Waals surface area contributed by atoms with Gasteiger partial charge in [0.25, 0.3) is 5.91 Å². The summed E-state index contributed by atoms with van der Waals surface area (Å²) in [7, 11) is -3.11. The van der Waals surface area contributed by atoms with Crippen LogP contribution in [0.15, 0.2) is 53.5 Å². The van der Waals surface area contributed by atoms with Gasteiger partial charge in [0.15, 0.2) is 9.84 Å². The highest BCUT2D eigenvalue weighted by Gasteiger charge is 2.35. The van der Waals surface area contributed by atoms with Gasteiger partial charge in [0.05, 0.1) is 18.1 Å². The third-order valence-corrected chi connectivity index (χ3v) is 6.25. The molecule has 3 rings (SSSR count). The molecule has 0 spiro atoms. The maximum atomic E-state index is 13.1. The molecule has 1 unspecified atom stereocenters. The number of hydrogen-bond acceptors (Lipinski definition) is 5. The van der Waals surface area contributed by atoms with Crippen LogP contribution in [0.3, 0.4) is 0 Å². The van der Waals surface area contributed by atoms with Crippen LogP contribution in [0.5, 0.6) is 5.75 Å². The molecule has 2 aromatic rings. The predicted octanol–water partition coefficient (Wildman–Crippen LogP) is 2.98. The Bertz CT molecular complexity index is 914. The van der Waals surface area contributed by atoms with Crippen LogP contribution in [0.2, 0.25) is 0 Å². The standard InChI is InChI=1S/C20H23NO5S/c1-3-11-25-18-8-5-16(6-9-18)20(22)21(13-19-7-4-15(2)26-19)17-10-12-27(23,24)14-17/h3-9,17H,1,10-14H2,2H3. The van der Waals surface area contributed by atoms with Gasteiger partial charge in [-0.15, -0.1) is 0 Å². The number of hydrogen-bond donors (Lipinski definition) is 0. The molecule has 1 aromatic carbocycles. The van der Waals surface area contributed by atoms with Crippen molar-refractivity contribution in [1.29, 1.82) is 0 Å². The predicted molar refractivity (Wildman–Crippen MR) is 103 cm³/mol. The summed E-state index contributed by atoms with van der Waals surface area (Å²) in [4.78, 5) is 14.7. The Morgan fingerprint density at radius 3 is 2.59 bits per heavy atom. The zero-order valence-corrected chi connectivity index (χ0v) is 16.1. The van der Waals surface area contributed by atoms with Crippen LogP contribution in [0, 0.1) is 6.92 Å². The summed E-state index contributed by atoms with van der Waals surface area (Å²) in [5, 5.41) is 0. The van der Waals surface area contributed by atoms with Crippen LogP contribution >= 0.6 is 0 Å². The van der Waals surface area contributed by atoms with Gasteiger partial charge in [-0.25, -0.2) is 8.42 Å². The van der Waals surface area contributed by atoms with Crippen molar-refractivity contribution < 1.29 is 22.4 Å². The molecule has 144 valence electrons. The van der Waals surface area contributed by atoms with Crippen molar-refractivity contribution in [2.75, 3.05) is 18.1 Å². The smallest absolute Gasteiger partial charge is 0.254 e. The number of rotatable bonds is 7. The lowest BCUT2D eigenvalue weighted by Crippen LogP contribution is -2.40. The second-order valence-electron chi connectivity index (χ2n) is 6.63. The van der Waals surface area contributed by atoms with E-state index in [1.807, 2.05) is 19.1 Å². The van der Waals surface area contributed by atoms with Crippen LogP contribution in [0.4, 0.5) is 0 Å². The number of carbonyl (C=O) groups is 1. The molecule has 1 aromatic heterocycles. The van der Waals surface area contributed by atoms with Crippen LogP contribution in [-0.4, -0.2) is 43.4 Å². The molecule has 0 radical (unpaired) electrons. The second-order valence-corrected chi connectivity index (χ2v) is 8.86. The Labute approximate surface area is 159 Å². The lowest BCUT2D eigenvalue weighted by molar-refractivity contribution is 0.0665. The highest BCUT2D eigenvalue weighted by Crippen LogP contribution is 2.24. The van der Waals surface area contributed by atoms with E-state index in [0.717, 1.165) is 5.76 Å². The number of amides is 1. The molecule has 0 bridgehead atoms. The van der Waals surface area contributed by atoms with E-state index in [-0.39, 0.29) is 30.0 Å². The molecular formula is C20H23NO5S. The number of sulfone groups is 1. The highest BCUT2D eigenvalue weighted by molar-refractivity contribution is 7.91. The summed E-state index contributed by atoms with van der Waals surface area (Å²) in [6.07, 6.45) is 2.08. The quantitative estimate of drug-likeness (QED) is 0.681. The maximum absolute atomic E-state index is 13.1. The van der Waals surface area contributed by atoms with E-state index in [0.29, 0.717) is 30.1 Å². The topological polar surface area (TPSA) is 76.8 Å². The van der Waals surface area contributed by atoms with Gasteiger partial charge in [0, 0.05) is 11.6 Å². The Morgan fingerprint density at radius 2 is 2.04 bits per heavy atom. The fourth-order valence-corrected chi connectivity index (χ4v) is 4.87. The van der Waals surface area contributed by atoms with Crippen molar-refractivity contribution in [1.82, 2.24) is 4.90 Å². The number of furan rings is 1. The van der Waals surface area contributed by atoms with E-state index >= 15 is 0 Å². The van der Waals surface area contributed by atoms with Crippen molar-refractivity contribution in [2.45, 2.75) is 25.9 Å². The van der Waals surface area contributed by atoms with Crippen LogP contribution in [-0.2, 0) is 16.4 Å².